The zero-order valence-corrected chi connectivity index (χ0v) is 19.5. The first kappa shape index (κ1) is 25.8. The van der Waals surface area contributed by atoms with E-state index >= 15 is 0 Å². The Morgan fingerprint density at radius 1 is 1.11 bits per heavy atom. The Labute approximate surface area is 201 Å². The van der Waals surface area contributed by atoms with Crippen LogP contribution in [0.25, 0.3) is 0 Å². The van der Waals surface area contributed by atoms with E-state index in [1.165, 1.54) is 4.90 Å². The summed E-state index contributed by atoms with van der Waals surface area (Å²) in [6.07, 6.45) is -3.40. The molecule has 3 heterocycles. The van der Waals surface area contributed by atoms with E-state index in [2.05, 4.69) is 20.0 Å². The minimum absolute atomic E-state index is 0.0710. The van der Waals surface area contributed by atoms with Gasteiger partial charge >= 0.3 is 12.1 Å². The Morgan fingerprint density at radius 2 is 1.78 bits per heavy atom. The highest BCUT2D eigenvalue weighted by Crippen LogP contribution is 2.31. The Kier molecular flexibility index (Phi) is 6.66. The van der Waals surface area contributed by atoms with Gasteiger partial charge in [-0.15, -0.1) is 0 Å². The number of nitrogens with one attached hydrogen (secondary N) is 1. The second-order valence-electron chi connectivity index (χ2n) is 8.49. The highest BCUT2D eigenvalue weighted by atomic mass is 32.2. The molecule has 36 heavy (non-hydrogen) atoms. The Morgan fingerprint density at radius 3 is 2.33 bits per heavy atom. The lowest BCUT2D eigenvalue weighted by atomic mass is 9.96. The highest BCUT2D eigenvalue weighted by Gasteiger charge is 2.42. The van der Waals surface area contributed by atoms with E-state index in [1.54, 1.807) is 0 Å². The predicted octanol–water partition coefficient (Wildman–Crippen LogP) is 2.37. The fraction of sp³-hybridized carbons (Fsp3) is 0.500. The first-order valence-electron chi connectivity index (χ1n) is 10.7. The van der Waals surface area contributed by atoms with Crippen LogP contribution in [0.3, 0.4) is 0 Å². The molecule has 0 saturated carbocycles. The number of rotatable bonds is 5. The number of halogens is 5. The molecule has 1 unspecified atom stereocenters. The van der Waals surface area contributed by atoms with Crippen molar-refractivity contribution in [2.45, 2.75) is 48.8 Å². The van der Waals surface area contributed by atoms with Crippen molar-refractivity contribution in [1.82, 2.24) is 15.0 Å². The molecular weight excluding hydrogens is 517 g/mol. The van der Waals surface area contributed by atoms with Crippen molar-refractivity contribution in [2.75, 3.05) is 29.6 Å². The molecule has 0 radical (unpaired) electrons. The monoisotopic (exact) mass is 537 g/mol. The molecular formula is C20H20F5N5O5S. The average Bonchev–Trinajstić information content (AvgIpc) is 3.27. The maximum Gasteiger partial charge on any atom is 0.471 e. The SMILES string of the molecule is CS(=O)(=O)c1cc(F)c(NC2CCCN([C@H]3CCN(c4noc(C(F)(F)F)n4)C(=O)C3)C2=O)c(F)c1. The highest BCUT2D eigenvalue weighted by molar-refractivity contribution is 7.90. The van der Waals surface area contributed by atoms with E-state index in [-0.39, 0.29) is 32.4 Å². The summed E-state index contributed by atoms with van der Waals surface area (Å²) < 4.78 is 94.4. The summed E-state index contributed by atoms with van der Waals surface area (Å²) in [5, 5.41) is 5.71. The average molecular weight is 537 g/mol. The molecule has 2 aliphatic rings. The van der Waals surface area contributed by atoms with Gasteiger partial charge in [0.05, 0.1) is 4.90 Å². The maximum atomic E-state index is 14.5. The van der Waals surface area contributed by atoms with Crippen molar-refractivity contribution in [3.8, 4) is 0 Å². The van der Waals surface area contributed by atoms with Crippen LogP contribution >= 0.6 is 0 Å². The number of piperidine rings is 2. The number of carbonyl (C=O) groups is 2. The number of benzene rings is 1. The van der Waals surface area contributed by atoms with Gasteiger partial charge in [-0.2, -0.15) is 18.2 Å². The number of amides is 2. The van der Waals surface area contributed by atoms with Crippen LogP contribution in [0.15, 0.2) is 21.6 Å². The number of hydrogen-bond donors (Lipinski definition) is 1. The van der Waals surface area contributed by atoms with E-state index in [0.717, 1.165) is 11.2 Å². The fourth-order valence-electron chi connectivity index (χ4n) is 4.21. The Hall–Kier alpha value is -3.30. The second kappa shape index (κ2) is 9.29. The van der Waals surface area contributed by atoms with Crippen molar-refractivity contribution in [1.29, 1.82) is 0 Å². The van der Waals surface area contributed by atoms with Gasteiger partial charge in [0.1, 0.15) is 11.7 Å². The van der Waals surface area contributed by atoms with Gasteiger partial charge in [0.25, 0.3) is 5.95 Å². The Bertz CT molecular complexity index is 1280. The molecule has 2 amide bonds. The van der Waals surface area contributed by atoms with Crippen LogP contribution in [-0.4, -0.2) is 66.7 Å². The third kappa shape index (κ3) is 5.12. The fourth-order valence-corrected chi connectivity index (χ4v) is 4.84. The number of alkyl halides is 3. The lowest BCUT2D eigenvalue weighted by Crippen LogP contribution is -2.56. The molecule has 1 aromatic carbocycles. The lowest BCUT2D eigenvalue weighted by Gasteiger charge is -2.41. The van der Waals surface area contributed by atoms with Gasteiger partial charge in [0.15, 0.2) is 21.5 Å². The van der Waals surface area contributed by atoms with Crippen molar-refractivity contribution < 1.29 is 44.5 Å². The molecule has 10 nitrogen and oxygen atoms in total. The zero-order valence-electron chi connectivity index (χ0n) is 18.7. The number of sulfone groups is 1. The number of likely N-dealkylation sites (tertiary alicyclic amines) is 1. The topological polar surface area (TPSA) is 126 Å². The number of hydrogen-bond acceptors (Lipinski definition) is 8. The summed E-state index contributed by atoms with van der Waals surface area (Å²) in [7, 11) is -3.86. The van der Waals surface area contributed by atoms with E-state index in [4.69, 9.17) is 0 Å². The number of carbonyl (C=O) groups excluding carboxylic acids is 2. The second-order valence-corrected chi connectivity index (χ2v) is 10.5. The molecule has 196 valence electrons. The van der Waals surface area contributed by atoms with Crippen molar-refractivity contribution >= 4 is 33.3 Å². The zero-order chi connectivity index (χ0) is 26.4. The molecule has 0 aliphatic carbocycles. The standard InChI is InChI=1S/C20H20F5N5O5S/c1-36(33,34)11-8-12(21)16(13(22)9-11)26-14-3-2-5-29(17(14)32)10-4-6-30(15(31)7-10)19-27-18(35-28-19)20(23,24)25/h8-10,14,26H,2-7H2,1H3/t10-,14?/m0/s1. The summed E-state index contributed by atoms with van der Waals surface area (Å²) >= 11 is 0. The van der Waals surface area contributed by atoms with Gasteiger partial charge in [-0.1, -0.05) is 0 Å². The molecule has 2 saturated heterocycles. The third-order valence-electron chi connectivity index (χ3n) is 5.97. The molecule has 2 aliphatic heterocycles. The van der Waals surface area contributed by atoms with Crippen LogP contribution in [-0.2, 0) is 25.6 Å². The molecule has 0 bridgehead atoms. The van der Waals surface area contributed by atoms with E-state index in [9.17, 15) is 40.0 Å². The molecule has 16 heteroatoms. The minimum Gasteiger partial charge on any atom is -0.369 e. The van der Waals surface area contributed by atoms with Crippen molar-refractivity contribution in [2.24, 2.45) is 0 Å². The van der Waals surface area contributed by atoms with E-state index < -0.39 is 74.0 Å². The van der Waals surface area contributed by atoms with Gasteiger partial charge in [0.2, 0.25) is 11.8 Å². The molecule has 2 atom stereocenters. The minimum atomic E-state index is -4.86. The molecule has 4 rings (SSSR count). The third-order valence-corrected chi connectivity index (χ3v) is 7.06. The first-order chi connectivity index (χ1) is 16.8. The maximum absolute atomic E-state index is 14.5. The largest absolute Gasteiger partial charge is 0.471 e. The van der Waals surface area contributed by atoms with Crippen LogP contribution in [0, 0.1) is 11.6 Å². The summed E-state index contributed by atoms with van der Waals surface area (Å²) in [6, 6.07) is -0.321. The molecule has 1 N–H and O–H groups in total. The smallest absolute Gasteiger partial charge is 0.369 e. The molecule has 1 aromatic heterocycles. The molecule has 2 fully saturated rings. The summed E-state index contributed by atoms with van der Waals surface area (Å²) in [4.78, 5) is 30.7. The van der Waals surface area contributed by atoms with Gasteiger partial charge in [0, 0.05) is 31.8 Å². The molecule has 2 aromatic rings. The first-order valence-corrected chi connectivity index (χ1v) is 12.6. The van der Waals surface area contributed by atoms with Crippen molar-refractivity contribution in [3.63, 3.8) is 0 Å². The predicted molar refractivity (Wildman–Crippen MR) is 113 cm³/mol. The molecule has 0 spiro atoms. The normalized spacial score (nSPS) is 21.7. The van der Waals surface area contributed by atoms with Crippen LogP contribution in [0.5, 0.6) is 0 Å². The number of aromatic nitrogens is 2. The van der Waals surface area contributed by atoms with Gasteiger partial charge in [-0.25, -0.2) is 17.2 Å². The summed E-state index contributed by atoms with van der Waals surface area (Å²) in [5.41, 5.74) is -0.647. The van der Waals surface area contributed by atoms with E-state index in [0.29, 0.717) is 18.6 Å². The number of anilines is 2. The van der Waals surface area contributed by atoms with Crippen molar-refractivity contribution in [3.05, 3.63) is 29.7 Å². The lowest BCUT2D eigenvalue weighted by molar-refractivity contribution is -0.159. The quantitative estimate of drug-likeness (QED) is 0.577. The number of nitrogens with zero attached hydrogens (tertiary/aromatic N) is 4. The van der Waals surface area contributed by atoms with Gasteiger partial charge < -0.3 is 14.7 Å². The summed E-state index contributed by atoms with van der Waals surface area (Å²) in [6.45, 7) is 0.200. The van der Waals surface area contributed by atoms with Gasteiger partial charge in [-0.3, -0.25) is 14.5 Å². The van der Waals surface area contributed by atoms with Crippen LogP contribution in [0.2, 0.25) is 0 Å². The Balaban J connectivity index is 1.45. The van der Waals surface area contributed by atoms with Crippen LogP contribution in [0.4, 0.5) is 33.6 Å². The summed E-state index contributed by atoms with van der Waals surface area (Å²) in [5.74, 6) is -5.60. The van der Waals surface area contributed by atoms with Gasteiger partial charge in [-0.05, 0) is 36.6 Å². The van der Waals surface area contributed by atoms with Crippen LogP contribution < -0.4 is 10.2 Å². The van der Waals surface area contributed by atoms with Crippen LogP contribution in [0.1, 0.15) is 31.6 Å². The van der Waals surface area contributed by atoms with E-state index in [1.807, 2.05) is 0 Å².